The van der Waals surface area contributed by atoms with Gasteiger partial charge in [-0.25, -0.2) is 4.79 Å². The standard InChI is InChI=1S/C27H29NO3/c1-3-4-20-31-26(30)27(24-16-10-6-11-17-24,25-18-12-7-13-19-25)28(22(2)29)21-23-14-8-5-9-15-23/h5-19H,3-4,20-21H2,1-2H3. The highest BCUT2D eigenvalue weighted by molar-refractivity contribution is 5.92. The lowest BCUT2D eigenvalue weighted by Gasteiger charge is -2.42. The van der Waals surface area contributed by atoms with Gasteiger partial charge in [0.15, 0.2) is 5.54 Å². The fourth-order valence-electron chi connectivity index (χ4n) is 3.83. The Kier molecular flexibility index (Phi) is 7.60. The maximum atomic E-state index is 13.9. The molecule has 0 aliphatic carbocycles. The van der Waals surface area contributed by atoms with Crippen molar-refractivity contribution in [2.75, 3.05) is 6.61 Å². The van der Waals surface area contributed by atoms with E-state index in [4.69, 9.17) is 4.74 Å². The third kappa shape index (κ3) is 4.85. The molecule has 160 valence electrons. The number of unbranched alkanes of at least 4 members (excludes halogenated alkanes) is 1. The van der Waals surface area contributed by atoms with E-state index in [1.165, 1.54) is 6.92 Å². The number of benzene rings is 3. The summed E-state index contributed by atoms with van der Waals surface area (Å²) in [5.41, 5.74) is 0.954. The van der Waals surface area contributed by atoms with Gasteiger partial charge in [0.1, 0.15) is 0 Å². The summed E-state index contributed by atoms with van der Waals surface area (Å²) in [4.78, 5) is 28.6. The molecule has 3 aromatic rings. The summed E-state index contributed by atoms with van der Waals surface area (Å²) in [6.45, 7) is 4.15. The van der Waals surface area contributed by atoms with Gasteiger partial charge in [-0.15, -0.1) is 0 Å². The lowest BCUT2D eigenvalue weighted by molar-refractivity contribution is -0.162. The minimum Gasteiger partial charge on any atom is -0.463 e. The molecule has 0 heterocycles. The zero-order valence-electron chi connectivity index (χ0n) is 18.2. The predicted molar refractivity (Wildman–Crippen MR) is 122 cm³/mol. The Labute approximate surface area is 184 Å². The van der Waals surface area contributed by atoms with Gasteiger partial charge < -0.3 is 9.64 Å². The van der Waals surface area contributed by atoms with Crippen molar-refractivity contribution in [3.8, 4) is 0 Å². The summed E-state index contributed by atoms with van der Waals surface area (Å²) >= 11 is 0. The van der Waals surface area contributed by atoms with Gasteiger partial charge in [-0.05, 0) is 23.1 Å². The van der Waals surface area contributed by atoms with Crippen LogP contribution in [0.15, 0.2) is 91.0 Å². The van der Waals surface area contributed by atoms with Crippen LogP contribution in [0.5, 0.6) is 0 Å². The van der Waals surface area contributed by atoms with Crippen LogP contribution in [-0.4, -0.2) is 23.4 Å². The Morgan fingerprint density at radius 3 is 1.74 bits per heavy atom. The first kappa shape index (κ1) is 22.3. The van der Waals surface area contributed by atoms with Crippen molar-refractivity contribution < 1.29 is 14.3 Å². The molecule has 31 heavy (non-hydrogen) atoms. The highest BCUT2D eigenvalue weighted by atomic mass is 16.5. The first-order chi connectivity index (χ1) is 15.1. The molecule has 0 fully saturated rings. The Morgan fingerprint density at radius 1 is 0.806 bits per heavy atom. The van der Waals surface area contributed by atoms with Crippen LogP contribution in [0.1, 0.15) is 43.4 Å². The number of ether oxygens (including phenoxy) is 1. The van der Waals surface area contributed by atoms with E-state index in [-0.39, 0.29) is 12.5 Å². The van der Waals surface area contributed by atoms with Crippen molar-refractivity contribution in [3.05, 3.63) is 108 Å². The van der Waals surface area contributed by atoms with Crippen LogP contribution >= 0.6 is 0 Å². The Hall–Kier alpha value is -3.40. The number of esters is 1. The summed E-state index contributed by atoms with van der Waals surface area (Å²) in [5, 5.41) is 0. The molecule has 0 aliphatic heterocycles. The first-order valence-corrected chi connectivity index (χ1v) is 10.7. The molecule has 0 aromatic heterocycles. The van der Waals surface area contributed by atoms with E-state index >= 15 is 0 Å². The molecule has 0 saturated heterocycles. The molecule has 4 heteroatoms. The number of carbonyl (C=O) groups is 2. The molecular formula is C27H29NO3. The molecule has 0 atom stereocenters. The normalized spacial score (nSPS) is 11.0. The van der Waals surface area contributed by atoms with Crippen LogP contribution < -0.4 is 0 Å². The third-order valence-electron chi connectivity index (χ3n) is 5.38. The molecule has 0 aliphatic rings. The van der Waals surface area contributed by atoms with Crippen LogP contribution in [0, 0.1) is 0 Å². The summed E-state index contributed by atoms with van der Waals surface area (Å²) < 4.78 is 5.79. The van der Waals surface area contributed by atoms with Crippen molar-refractivity contribution in [2.45, 2.75) is 38.8 Å². The Bertz CT molecular complexity index is 932. The van der Waals surface area contributed by atoms with E-state index in [2.05, 4.69) is 0 Å². The fourth-order valence-corrected chi connectivity index (χ4v) is 3.83. The lowest BCUT2D eigenvalue weighted by Crippen LogP contribution is -2.55. The number of amides is 1. The lowest BCUT2D eigenvalue weighted by atomic mass is 9.80. The smallest absolute Gasteiger partial charge is 0.341 e. The number of carbonyl (C=O) groups excluding carboxylic acids is 2. The zero-order valence-corrected chi connectivity index (χ0v) is 18.2. The van der Waals surface area contributed by atoms with Gasteiger partial charge in [0, 0.05) is 13.5 Å². The highest BCUT2D eigenvalue weighted by Gasteiger charge is 2.50. The summed E-state index contributed by atoms with van der Waals surface area (Å²) in [7, 11) is 0. The minimum absolute atomic E-state index is 0.205. The van der Waals surface area contributed by atoms with Gasteiger partial charge in [0.25, 0.3) is 0 Å². The molecular weight excluding hydrogens is 386 g/mol. The second kappa shape index (κ2) is 10.6. The van der Waals surface area contributed by atoms with E-state index in [1.807, 2.05) is 97.9 Å². The molecule has 0 bridgehead atoms. The average molecular weight is 416 g/mol. The zero-order chi connectivity index (χ0) is 22.1. The van der Waals surface area contributed by atoms with E-state index < -0.39 is 11.5 Å². The van der Waals surface area contributed by atoms with Gasteiger partial charge in [-0.2, -0.15) is 0 Å². The molecule has 0 spiro atoms. The Balaban J connectivity index is 2.23. The Morgan fingerprint density at radius 2 is 1.29 bits per heavy atom. The van der Waals surface area contributed by atoms with Gasteiger partial charge in [-0.1, -0.05) is 104 Å². The molecule has 1 amide bonds. The van der Waals surface area contributed by atoms with Crippen LogP contribution in [0.3, 0.4) is 0 Å². The molecule has 3 aromatic carbocycles. The molecule has 0 unspecified atom stereocenters. The summed E-state index contributed by atoms with van der Waals surface area (Å²) in [6, 6.07) is 28.6. The van der Waals surface area contributed by atoms with Crippen molar-refractivity contribution in [3.63, 3.8) is 0 Å². The van der Waals surface area contributed by atoms with Gasteiger partial charge >= 0.3 is 5.97 Å². The second-order valence-electron chi connectivity index (χ2n) is 7.52. The second-order valence-corrected chi connectivity index (χ2v) is 7.52. The van der Waals surface area contributed by atoms with Crippen molar-refractivity contribution >= 4 is 11.9 Å². The van der Waals surface area contributed by atoms with Crippen molar-refractivity contribution in [1.82, 2.24) is 4.90 Å². The SMILES string of the molecule is CCCCOC(=O)C(c1ccccc1)(c1ccccc1)N(Cc1ccccc1)C(C)=O. The molecule has 4 nitrogen and oxygen atoms in total. The average Bonchev–Trinajstić information content (AvgIpc) is 2.81. The monoisotopic (exact) mass is 415 g/mol. The van der Waals surface area contributed by atoms with Crippen molar-refractivity contribution in [2.24, 2.45) is 0 Å². The molecule has 3 rings (SSSR count). The third-order valence-corrected chi connectivity index (χ3v) is 5.38. The maximum absolute atomic E-state index is 13.9. The van der Waals surface area contributed by atoms with Gasteiger partial charge in [0.2, 0.25) is 5.91 Å². The maximum Gasteiger partial charge on any atom is 0.341 e. The predicted octanol–water partition coefficient (Wildman–Crippen LogP) is 5.32. The van der Waals surface area contributed by atoms with Crippen molar-refractivity contribution in [1.29, 1.82) is 0 Å². The molecule has 0 saturated carbocycles. The van der Waals surface area contributed by atoms with Crippen LogP contribution in [0.4, 0.5) is 0 Å². The van der Waals surface area contributed by atoms with E-state index in [0.29, 0.717) is 17.7 Å². The molecule has 0 radical (unpaired) electrons. The fraction of sp³-hybridized carbons (Fsp3) is 0.259. The van der Waals surface area contributed by atoms with E-state index in [9.17, 15) is 9.59 Å². The van der Waals surface area contributed by atoms with Crippen LogP contribution in [-0.2, 0) is 26.4 Å². The topological polar surface area (TPSA) is 46.6 Å². The largest absolute Gasteiger partial charge is 0.463 e. The summed E-state index contributed by atoms with van der Waals surface area (Å²) in [5.74, 6) is -0.645. The van der Waals surface area contributed by atoms with Crippen LogP contribution in [0.25, 0.3) is 0 Å². The van der Waals surface area contributed by atoms with Gasteiger partial charge in [0.05, 0.1) is 6.61 Å². The van der Waals surface area contributed by atoms with E-state index in [1.54, 1.807) is 4.90 Å². The number of hydrogen-bond donors (Lipinski definition) is 0. The molecule has 0 N–H and O–H groups in total. The highest BCUT2D eigenvalue weighted by Crippen LogP contribution is 2.39. The van der Waals surface area contributed by atoms with Crippen LogP contribution in [0.2, 0.25) is 0 Å². The minimum atomic E-state index is -1.39. The number of nitrogens with zero attached hydrogens (tertiary/aromatic N) is 1. The number of rotatable bonds is 9. The quantitative estimate of drug-likeness (QED) is 0.351. The van der Waals surface area contributed by atoms with Gasteiger partial charge in [-0.3, -0.25) is 4.79 Å². The number of hydrogen-bond acceptors (Lipinski definition) is 3. The summed E-state index contributed by atoms with van der Waals surface area (Å²) in [6.07, 6.45) is 1.68. The van der Waals surface area contributed by atoms with E-state index in [0.717, 1.165) is 18.4 Å². The first-order valence-electron chi connectivity index (χ1n) is 10.7.